The molecule has 1 aliphatic rings. The summed E-state index contributed by atoms with van der Waals surface area (Å²) in [5, 5.41) is 0.723. The van der Waals surface area contributed by atoms with Crippen LogP contribution in [0, 0.1) is 5.82 Å². The van der Waals surface area contributed by atoms with Crippen molar-refractivity contribution in [2.24, 2.45) is 0 Å². The standard InChI is InChI=1S/C10H6ClFN2O2/c11-7-5-6(1-2-8(7)12)13-14-9(15)3-4-10(14)16/h1-5,13H. The first-order chi connectivity index (χ1) is 7.58. The lowest BCUT2D eigenvalue weighted by Crippen LogP contribution is -2.35. The molecular weight excluding hydrogens is 235 g/mol. The van der Waals surface area contributed by atoms with E-state index in [0.717, 1.165) is 23.2 Å². The largest absolute Gasteiger partial charge is 0.288 e. The number of imide groups is 1. The molecule has 0 saturated carbocycles. The minimum absolute atomic E-state index is 0.0861. The van der Waals surface area contributed by atoms with Gasteiger partial charge in [0.05, 0.1) is 10.7 Å². The Labute approximate surface area is 95.3 Å². The molecule has 6 heteroatoms. The Morgan fingerprint density at radius 2 is 1.81 bits per heavy atom. The number of carbonyl (C=O) groups is 2. The number of halogens is 2. The predicted molar refractivity (Wildman–Crippen MR) is 56.0 cm³/mol. The number of anilines is 1. The Kier molecular flexibility index (Phi) is 2.62. The van der Waals surface area contributed by atoms with Crippen molar-refractivity contribution >= 4 is 29.1 Å². The van der Waals surface area contributed by atoms with Crippen LogP contribution in [-0.2, 0) is 9.59 Å². The van der Waals surface area contributed by atoms with Gasteiger partial charge >= 0.3 is 0 Å². The number of rotatable bonds is 2. The molecule has 0 saturated heterocycles. The molecule has 0 radical (unpaired) electrons. The SMILES string of the molecule is O=C1C=CC(=O)N1Nc1ccc(F)c(Cl)c1. The summed E-state index contributed by atoms with van der Waals surface area (Å²) in [4.78, 5) is 22.4. The van der Waals surface area contributed by atoms with E-state index >= 15 is 0 Å². The summed E-state index contributed by atoms with van der Waals surface area (Å²) in [6.07, 6.45) is 2.28. The van der Waals surface area contributed by atoms with E-state index < -0.39 is 17.6 Å². The number of benzene rings is 1. The zero-order valence-corrected chi connectivity index (χ0v) is 8.66. The average Bonchev–Trinajstić information content (AvgIpc) is 2.55. The Balaban J connectivity index is 2.18. The summed E-state index contributed by atoms with van der Waals surface area (Å²) in [6, 6.07) is 3.80. The van der Waals surface area contributed by atoms with Crippen LogP contribution in [0.25, 0.3) is 0 Å². The maximum absolute atomic E-state index is 12.8. The lowest BCUT2D eigenvalue weighted by molar-refractivity contribution is -0.135. The Morgan fingerprint density at radius 1 is 1.19 bits per heavy atom. The fourth-order valence-corrected chi connectivity index (χ4v) is 1.39. The molecule has 0 aromatic heterocycles. The highest BCUT2D eigenvalue weighted by Crippen LogP contribution is 2.20. The fraction of sp³-hybridized carbons (Fsp3) is 0. The van der Waals surface area contributed by atoms with Crippen molar-refractivity contribution < 1.29 is 14.0 Å². The van der Waals surface area contributed by atoms with Crippen molar-refractivity contribution in [3.05, 3.63) is 41.2 Å². The molecule has 0 fully saturated rings. The Hall–Kier alpha value is -1.88. The third kappa shape index (κ3) is 1.90. The maximum atomic E-state index is 12.8. The van der Waals surface area contributed by atoms with Crippen LogP contribution in [0.2, 0.25) is 5.02 Å². The monoisotopic (exact) mass is 240 g/mol. The van der Waals surface area contributed by atoms with Gasteiger partial charge in [-0.2, -0.15) is 5.01 Å². The van der Waals surface area contributed by atoms with Crippen LogP contribution in [-0.4, -0.2) is 16.8 Å². The van der Waals surface area contributed by atoms with E-state index in [1.807, 2.05) is 0 Å². The summed E-state index contributed by atoms with van der Waals surface area (Å²) in [5.74, 6) is -1.53. The summed E-state index contributed by atoms with van der Waals surface area (Å²) in [6.45, 7) is 0. The Morgan fingerprint density at radius 3 is 2.38 bits per heavy atom. The second-order valence-corrected chi connectivity index (χ2v) is 3.49. The summed E-state index contributed by atoms with van der Waals surface area (Å²) < 4.78 is 12.8. The number of amides is 2. The first kappa shape index (κ1) is 10.6. The molecule has 0 spiro atoms. The van der Waals surface area contributed by atoms with Crippen molar-refractivity contribution in [1.82, 2.24) is 5.01 Å². The van der Waals surface area contributed by atoms with Crippen LogP contribution in [0.5, 0.6) is 0 Å². The normalized spacial score (nSPS) is 14.8. The van der Waals surface area contributed by atoms with E-state index in [9.17, 15) is 14.0 Å². The highest BCUT2D eigenvalue weighted by Gasteiger charge is 2.23. The minimum Gasteiger partial charge on any atom is -0.288 e. The molecule has 0 aliphatic carbocycles. The van der Waals surface area contributed by atoms with Gasteiger partial charge < -0.3 is 0 Å². The number of nitrogens with zero attached hydrogens (tertiary/aromatic N) is 1. The highest BCUT2D eigenvalue weighted by atomic mass is 35.5. The van der Waals surface area contributed by atoms with Gasteiger partial charge in [0.2, 0.25) is 0 Å². The highest BCUT2D eigenvalue weighted by molar-refractivity contribution is 6.31. The topological polar surface area (TPSA) is 49.4 Å². The predicted octanol–water partition coefficient (Wildman–Crippen LogP) is 1.73. The first-order valence-electron chi connectivity index (χ1n) is 4.36. The van der Waals surface area contributed by atoms with Crippen LogP contribution in [0.15, 0.2) is 30.4 Å². The molecule has 1 aliphatic heterocycles. The molecule has 1 aromatic rings. The maximum Gasteiger partial charge on any atom is 0.272 e. The zero-order valence-electron chi connectivity index (χ0n) is 7.91. The van der Waals surface area contributed by atoms with Gasteiger partial charge in [-0.15, -0.1) is 0 Å². The third-order valence-corrected chi connectivity index (χ3v) is 2.26. The van der Waals surface area contributed by atoms with Gasteiger partial charge in [0.1, 0.15) is 5.82 Å². The van der Waals surface area contributed by atoms with Crippen LogP contribution in [0.1, 0.15) is 0 Å². The van der Waals surface area contributed by atoms with Crippen molar-refractivity contribution in [1.29, 1.82) is 0 Å². The van der Waals surface area contributed by atoms with Crippen molar-refractivity contribution in [3.63, 3.8) is 0 Å². The Bertz CT molecular complexity index is 484. The molecule has 2 rings (SSSR count). The minimum atomic E-state index is -0.565. The second-order valence-electron chi connectivity index (χ2n) is 3.09. The molecule has 1 aromatic carbocycles. The molecular formula is C10H6ClFN2O2. The second kappa shape index (κ2) is 3.94. The molecule has 82 valence electrons. The molecule has 1 heterocycles. The van der Waals surface area contributed by atoms with Gasteiger partial charge in [-0.1, -0.05) is 11.6 Å². The van der Waals surface area contributed by atoms with E-state index in [4.69, 9.17) is 11.6 Å². The smallest absolute Gasteiger partial charge is 0.272 e. The van der Waals surface area contributed by atoms with Crippen LogP contribution in [0.4, 0.5) is 10.1 Å². The average molecular weight is 241 g/mol. The van der Waals surface area contributed by atoms with E-state index in [0.29, 0.717) is 5.69 Å². The van der Waals surface area contributed by atoms with Gasteiger partial charge in [0.25, 0.3) is 11.8 Å². The molecule has 1 N–H and O–H groups in total. The fourth-order valence-electron chi connectivity index (χ4n) is 1.21. The van der Waals surface area contributed by atoms with Crippen LogP contribution >= 0.6 is 11.6 Å². The van der Waals surface area contributed by atoms with Crippen LogP contribution < -0.4 is 5.43 Å². The van der Waals surface area contributed by atoms with Gasteiger partial charge in [0, 0.05) is 12.2 Å². The van der Waals surface area contributed by atoms with Gasteiger partial charge in [-0.25, -0.2) is 4.39 Å². The molecule has 16 heavy (non-hydrogen) atoms. The zero-order chi connectivity index (χ0) is 11.7. The van der Waals surface area contributed by atoms with Gasteiger partial charge in [-0.3, -0.25) is 15.0 Å². The summed E-state index contributed by atoms with van der Waals surface area (Å²) >= 11 is 5.55. The van der Waals surface area contributed by atoms with E-state index in [-0.39, 0.29) is 5.02 Å². The lowest BCUT2D eigenvalue weighted by Gasteiger charge is -2.16. The number of hydrogen-bond acceptors (Lipinski definition) is 3. The van der Waals surface area contributed by atoms with Crippen molar-refractivity contribution in [3.8, 4) is 0 Å². The molecule has 2 amide bonds. The van der Waals surface area contributed by atoms with E-state index in [1.54, 1.807) is 0 Å². The summed E-state index contributed by atoms with van der Waals surface area (Å²) in [7, 11) is 0. The third-order valence-electron chi connectivity index (χ3n) is 1.97. The first-order valence-corrected chi connectivity index (χ1v) is 4.73. The van der Waals surface area contributed by atoms with Gasteiger partial charge in [-0.05, 0) is 18.2 Å². The summed E-state index contributed by atoms with van der Waals surface area (Å²) in [5.41, 5.74) is 2.89. The molecule has 0 bridgehead atoms. The van der Waals surface area contributed by atoms with Crippen molar-refractivity contribution in [2.45, 2.75) is 0 Å². The number of hydrazine groups is 1. The van der Waals surface area contributed by atoms with Gasteiger partial charge in [0.15, 0.2) is 0 Å². The number of hydrogen-bond donors (Lipinski definition) is 1. The van der Waals surface area contributed by atoms with E-state index in [1.165, 1.54) is 12.1 Å². The number of carbonyl (C=O) groups excluding carboxylic acids is 2. The molecule has 4 nitrogen and oxygen atoms in total. The van der Waals surface area contributed by atoms with E-state index in [2.05, 4.69) is 5.43 Å². The number of nitrogens with one attached hydrogen (secondary N) is 1. The van der Waals surface area contributed by atoms with Crippen LogP contribution in [0.3, 0.4) is 0 Å². The molecule has 0 unspecified atom stereocenters. The lowest BCUT2D eigenvalue weighted by atomic mass is 10.3. The molecule has 0 atom stereocenters. The van der Waals surface area contributed by atoms with Crippen molar-refractivity contribution in [2.75, 3.05) is 5.43 Å². The quantitative estimate of drug-likeness (QED) is 0.801.